The Morgan fingerprint density at radius 3 is 2.67 bits per heavy atom. The fourth-order valence-corrected chi connectivity index (χ4v) is 3.97. The highest BCUT2D eigenvalue weighted by molar-refractivity contribution is 6.07. The third-order valence-corrected chi connectivity index (χ3v) is 5.17. The number of benzene rings is 2. The number of carbonyl (C=O) groups excluding carboxylic acids is 2. The summed E-state index contributed by atoms with van der Waals surface area (Å²) < 4.78 is 29.8. The van der Waals surface area contributed by atoms with Gasteiger partial charge in [0, 0.05) is 5.56 Å². The Morgan fingerprint density at radius 1 is 1.11 bits per heavy atom. The molecule has 2 aromatic carbocycles. The minimum absolute atomic E-state index is 0.0434. The number of ether oxygens (including phenoxy) is 1. The second-order valence-corrected chi connectivity index (χ2v) is 6.72. The second kappa shape index (κ2) is 6.64. The summed E-state index contributed by atoms with van der Waals surface area (Å²) in [7, 11) is 0. The van der Waals surface area contributed by atoms with E-state index in [1.165, 1.54) is 6.07 Å². The summed E-state index contributed by atoms with van der Waals surface area (Å²) in [5.41, 5.74) is 1.13. The van der Waals surface area contributed by atoms with Crippen molar-refractivity contribution in [3.8, 4) is 5.75 Å². The molecule has 0 radical (unpaired) electrons. The van der Waals surface area contributed by atoms with Gasteiger partial charge in [0.2, 0.25) is 0 Å². The van der Waals surface area contributed by atoms with E-state index in [1.54, 1.807) is 18.2 Å². The van der Waals surface area contributed by atoms with Gasteiger partial charge in [0.05, 0.1) is 6.54 Å². The smallest absolute Gasteiger partial charge is 0.387 e. The highest BCUT2D eigenvalue weighted by Gasteiger charge is 2.53. The molecule has 7 heteroatoms. The number of carbonyl (C=O) groups is 2. The Balaban J connectivity index is 1.66. The molecular formula is C20H18F2N2O3. The maximum absolute atomic E-state index is 13.2. The highest BCUT2D eigenvalue weighted by Crippen LogP contribution is 2.40. The van der Waals surface area contributed by atoms with Gasteiger partial charge in [0.1, 0.15) is 11.3 Å². The topological polar surface area (TPSA) is 58.6 Å². The maximum atomic E-state index is 13.2. The van der Waals surface area contributed by atoms with Gasteiger partial charge in [-0.3, -0.25) is 9.69 Å². The molecule has 0 saturated carbocycles. The summed E-state index contributed by atoms with van der Waals surface area (Å²) in [6.45, 7) is -3.11. The van der Waals surface area contributed by atoms with Crippen molar-refractivity contribution < 1.29 is 23.1 Å². The molecule has 140 valence electrons. The standard InChI is InChI=1S/C20H18F2N2O3/c21-18(22)27-16-10-4-2-7-14(16)12-24-17(25)20(23-19(24)26)11-5-8-13-6-1-3-9-15(13)20/h1-4,6-7,9-10,18H,5,8,11-12H2,(H,23,26). The molecule has 1 fully saturated rings. The molecule has 5 nitrogen and oxygen atoms in total. The van der Waals surface area contributed by atoms with Crippen LogP contribution in [0.25, 0.3) is 0 Å². The zero-order valence-electron chi connectivity index (χ0n) is 14.5. The Kier molecular flexibility index (Phi) is 4.30. The van der Waals surface area contributed by atoms with Gasteiger partial charge < -0.3 is 10.1 Å². The summed E-state index contributed by atoms with van der Waals surface area (Å²) in [5.74, 6) is -0.399. The summed E-state index contributed by atoms with van der Waals surface area (Å²) >= 11 is 0. The van der Waals surface area contributed by atoms with Crippen molar-refractivity contribution >= 4 is 11.9 Å². The van der Waals surface area contributed by atoms with Crippen LogP contribution in [0.15, 0.2) is 48.5 Å². The number of imide groups is 1. The van der Waals surface area contributed by atoms with Crippen LogP contribution in [0.4, 0.5) is 13.6 Å². The zero-order chi connectivity index (χ0) is 19.0. The molecule has 0 bridgehead atoms. The number of hydrogen-bond donors (Lipinski definition) is 1. The van der Waals surface area contributed by atoms with E-state index >= 15 is 0 Å². The summed E-state index contributed by atoms with van der Waals surface area (Å²) in [4.78, 5) is 26.9. The van der Waals surface area contributed by atoms with E-state index in [-0.39, 0.29) is 18.2 Å². The Hall–Kier alpha value is -2.96. The SMILES string of the molecule is O=C1NC2(CCCc3ccccc32)C(=O)N1Cc1ccccc1OC(F)F. The van der Waals surface area contributed by atoms with Crippen molar-refractivity contribution in [2.24, 2.45) is 0 Å². The predicted molar refractivity (Wildman–Crippen MR) is 93.2 cm³/mol. The molecule has 1 saturated heterocycles. The molecule has 4 rings (SSSR count). The molecular weight excluding hydrogens is 354 g/mol. The number of para-hydroxylation sites is 1. The van der Waals surface area contributed by atoms with Crippen molar-refractivity contribution in [3.63, 3.8) is 0 Å². The number of hydrogen-bond acceptors (Lipinski definition) is 3. The van der Waals surface area contributed by atoms with Crippen LogP contribution in [0.1, 0.15) is 29.5 Å². The van der Waals surface area contributed by atoms with Gasteiger partial charge >= 0.3 is 12.6 Å². The number of fused-ring (bicyclic) bond motifs is 2. The van der Waals surface area contributed by atoms with Crippen LogP contribution < -0.4 is 10.1 Å². The largest absolute Gasteiger partial charge is 0.434 e. The van der Waals surface area contributed by atoms with Gasteiger partial charge in [0.15, 0.2) is 0 Å². The quantitative estimate of drug-likeness (QED) is 0.835. The number of rotatable bonds is 4. The third kappa shape index (κ3) is 2.93. The number of alkyl halides is 2. The lowest BCUT2D eigenvalue weighted by atomic mass is 9.76. The number of nitrogens with zero attached hydrogens (tertiary/aromatic N) is 1. The normalized spacial score (nSPS) is 21.5. The van der Waals surface area contributed by atoms with E-state index in [0.29, 0.717) is 12.0 Å². The maximum Gasteiger partial charge on any atom is 0.387 e. The van der Waals surface area contributed by atoms with Crippen LogP contribution >= 0.6 is 0 Å². The molecule has 2 aliphatic rings. The molecule has 2 aromatic rings. The van der Waals surface area contributed by atoms with E-state index in [2.05, 4.69) is 10.1 Å². The van der Waals surface area contributed by atoms with Gasteiger partial charge in [-0.1, -0.05) is 42.5 Å². The monoisotopic (exact) mass is 372 g/mol. The third-order valence-electron chi connectivity index (χ3n) is 5.17. The Labute approximate surface area is 154 Å². The average molecular weight is 372 g/mol. The number of aryl methyl sites for hydroxylation is 1. The minimum atomic E-state index is -2.98. The van der Waals surface area contributed by atoms with E-state index in [9.17, 15) is 18.4 Å². The molecule has 3 amide bonds. The summed E-state index contributed by atoms with van der Waals surface area (Å²) in [6.07, 6.45) is 2.15. The van der Waals surface area contributed by atoms with Crippen LogP contribution in [0.2, 0.25) is 0 Å². The second-order valence-electron chi connectivity index (χ2n) is 6.72. The van der Waals surface area contributed by atoms with Crippen molar-refractivity contribution in [2.75, 3.05) is 0 Å². The van der Waals surface area contributed by atoms with Gasteiger partial charge in [-0.2, -0.15) is 8.78 Å². The van der Waals surface area contributed by atoms with Gasteiger partial charge in [-0.25, -0.2) is 4.79 Å². The number of urea groups is 1. The molecule has 1 unspecified atom stereocenters. The van der Waals surface area contributed by atoms with Crippen molar-refractivity contribution in [3.05, 3.63) is 65.2 Å². The van der Waals surface area contributed by atoms with Crippen molar-refractivity contribution in [1.82, 2.24) is 10.2 Å². The van der Waals surface area contributed by atoms with Crippen LogP contribution in [0.3, 0.4) is 0 Å². The van der Waals surface area contributed by atoms with Gasteiger partial charge in [-0.15, -0.1) is 0 Å². The van der Waals surface area contributed by atoms with E-state index < -0.39 is 18.2 Å². The Bertz CT molecular complexity index is 902. The molecule has 1 atom stereocenters. The molecule has 1 spiro atoms. The number of amides is 3. The molecule has 1 aliphatic carbocycles. The lowest BCUT2D eigenvalue weighted by molar-refractivity contribution is -0.132. The minimum Gasteiger partial charge on any atom is -0.434 e. The average Bonchev–Trinajstić information content (AvgIpc) is 2.88. The number of nitrogens with one attached hydrogen (secondary N) is 1. The molecule has 27 heavy (non-hydrogen) atoms. The molecule has 1 N–H and O–H groups in total. The van der Waals surface area contributed by atoms with E-state index in [0.717, 1.165) is 28.9 Å². The first-order valence-electron chi connectivity index (χ1n) is 8.76. The van der Waals surface area contributed by atoms with Crippen molar-refractivity contribution in [1.29, 1.82) is 0 Å². The van der Waals surface area contributed by atoms with Crippen LogP contribution in [-0.2, 0) is 23.3 Å². The van der Waals surface area contributed by atoms with E-state index in [1.807, 2.05) is 24.3 Å². The lowest BCUT2D eigenvalue weighted by Crippen LogP contribution is -2.46. The fraction of sp³-hybridized carbons (Fsp3) is 0.300. The first-order valence-corrected chi connectivity index (χ1v) is 8.76. The molecule has 1 aliphatic heterocycles. The van der Waals surface area contributed by atoms with Crippen LogP contribution in [-0.4, -0.2) is 23.4 Å². The van der Waals surface area contributed by atoms with Crippen molar-refractivity contribution in [2.45, 2.75) is 38.0 Å². The highest BCUT2D eigenvalue weighted by atomic mass is 19.3. The zero-order valence-corrected chi connectivity index (χ0v) is 14.5. The lowest BCUT2D eigenvalue weighted by Gasteiger charge is -2.33. The molecule has 1 heterocycles. The van der Waals surface area contributed by atoms with Crippen LogP contribution in [0, 0.1) is 0 Å². The van der Waals surface area contributed by atoms with Crippen LogP contribution in [0.5, 0.6) is 5.75 Å². The Morgan fingerprint density at radius 2 is 1.85 bits per heavy atom. The summed E-state index contributed by atoms with van der Waals surface area (Å²) in [6, 6.07) is 13.2. The fourth-order valence-electron chi connectivity index (χ4n) is 3.97. The summed E-state index contributed by atoms with van der Waals surface area (Å²) in [5, 5.41) is 2.85. The van der Waals surface area contributed by atoms with E-state index in [4.69, 9.17) is 0 Å². The predicted octanol–water partition coefficient (Wildman–Crippen LogP) is 3.57. The molecule has 0 aromatic heterocycles. The first kappa shape index (κ1) is 17.5. The number of halogens is 2. The van der Waals surface area contributed by atoms with Gasteiger partial charge in [-0.05, 0) is 36.5 Å². The van der Waals surface area contributed by atoms with Gasteiger partial charge in [0.25, 0.3) is 5.91 Å². The first-order chi connectivity index (χ1) is 13.0.